The minimum absolute atomic E-state index is 0.222. The molecule has 18 heavy (non-hydrogen) atoms. The number of nitrogens with one attached hydrogen (secondary N) is 1. The molecule has 0 aromatic heterocycles. The highest BCUT2D eigenvalue weighted by Crippen LogP contribution is 2.16. The summed E-state index contributed by atoms with van der Waals surface area (Å²) in [5.41, 5.74) is 0.700. The molecular weight excluding hydrogens is 270 g/mol. The van der Waals surface area contributed by atoms with Gasteiger partial charge in [0, 0.05) is 11.8 Å². The van der Waals surface area contributed by atoms with Gasteiger partial charge in [-0.1, -0.05) is 19.1 Å². The Morgan fingerprint density at radius 3 is 2.28 bits per heavy atom. The summed E-state index contributed by atoms with van der Waals surface area (Å²) in [5, 5.41) is 9.59. The van der Waals surface area contributed by atoms with E-state index < -0.39 is 16.1 Å². The lowest BCUT2D eigenvalue weighted by Crippen LogP contribution is -2.29. The lowest BCUT2D eigenvalue weighted by molar-refractivity contribution is 0.199. The monoisotopic (exact) mass is 289 g/mol. The predicted octanol–water partition coefficient (Wildman–Crippen LogP) is 1.77. The molecule has 0 bridgehead atoms. The number of hydrogen-bond donors (Lipinski definition) is 2. The van der Waals surface area contributed by atoms with E-state index in [0.717, 1.165) is 0 Å². The SMILES string of the molecule is CSC(C)CNS(=O)(=O)c1ccc(C(C)O)cc1. The summed E-state index contributed by atoms with van der Waals surface area (Å²) < 4.78 is 26.5. The van der Waals surface area contributed by atoms with Crippen molar-refractivity contribution in [1.82, 2.24) is 4.72 Å². The molecule has 1 aromatic carbocycles. The van der Waals surface area contributed by atoms with Crippen LogP contribution in [0.1, 0.15) is 25.5 Å². The molecular formula is C12H19NO3S2. The van der Waals surface area contributed by atoms with Gasteiger partial charge in [-0.15, -0.1) is 0 Å². The molecule has 0 saturated heterocycles. The Balaban J connectivity index is 2.79. The van der Waals surface area contributed by atoms with Crippen LogP contribution < -0.4 is 4.72 Å². The zero-order chi connectivity index (χ0) is 13.8. The molecule has 0 radical (unpaired) electrons. The number of aliphatic hydroxyl groups is 1. The number of sulfonamides is 1. The normalized spacial score (nSPS) is 15.3. The summed E-state index contributed by atoms with van der Waals surface area (Å²) in [6.45, 7) is 4.01. The van der Waals surface area contributed by atoms with Crippen LogP contribution in [0.4, 0.5) is 0 Å². The van der Waals surface area contributed by atoms with Gasteiger partial charge in [0.1, 0.15) is 0 Å². The van der Waals surface area contributed by atoms with E-state index in [1.54, 1.807) is 30.8 Å². The first-order chi connectivity index (χ1) is 8.36. The van der Waals surface area contributed by atoms with E-state index >= 15 is 0 Å². The van der Waals surface area contributed by atoms with E-state index in [-0.39, 0.29) is 10.1 Å². The molecule has 0 spiro atoms. The van der Waals surface area contributed by atoms with Crippen molar-refractivity contribution in [3.63, 3.8) is 0 Å². The Hall–Kier alpha value is -0.560. The van der Waals surface area contributed by atoms with E-state index in [9.17, 15) is 13.5 Å². The minimum atomic E-state index is -3.45. The maximum atomic E-state index is 12.0. The lowest BCUT2D eigenvalue weighted by atomic mass is 10.1. The molecule has 0 aliphatic carbocycles. The van der Waals surface area contributed by atoms with E-state index in [0.29, 0.717) is 12.1 Å². The molecule has 0 saturated carbocycles. The Kier molecular flexibility index (Phi) is 5.65. The summed E-state index contributed by atoms with van der Waals surface area (Å²) in [7, 11) is -3.45. The molecule has 0 amide bonds. The maximum Gasteiger partial charge on any atom is 0.240 e. The molecule has 0 heterocycles. The van der Waals surface area contributed by atoms with Crippen molar-refractivity contribution in [2.45, 2.75) is 30.1 Å². The summed E-state index contributed by atoms with van der Waals surface area (Å²) in [6.07, 6.45) is 1.35. The van der Waals surface area contributed by atoms with Gasteiger partial charge >= 0.3 is 0 Å². The maximum absolute atomic E-state index is 12.0. The number of benzene rings is 1. The Morgan fingerprint density at radius 2 is 1.83 bits per heavy atom. The summed E-state index contributed by atoms with van der Waals surface area (Å²) >= 11 is 1.61. The lowest BCUT2D eigenvalue weighted by Gasteiger charge is -2.11. The molecule has 102 valence electrons. The summed E-state index contributed by atoms with van der Waals surface area (Å²) in [6, 6.07) is 6.26. The predicted molar refractivity (Wildman–Crippen MR) is 75.2 cm³/mol. The van der Waals surface area contributed by atoms with Crippen LogP contribution >= 0.6 is 11.8 Å². The Labute approximate surface area is 113 Å². The van der Waals surface area contributed by atoms with Gasteiger partial charge in [0.2, 0.25) is 10.0 Å². The van der Waals surface area contributed by atoms with Crippen LogP contribution in [0.5, 0.6) is 0 Å². The van der Waals surface area contributed by atoms with E-state index in [2.05, 4.69) is 4.72 Å². The average molecular weight is 289 g/mol. The van der Waals surface area contributed by atoms with Crippen molar-refractivity contribution >= 4 is 21.8 Å². The highest BCUT2D eigenvalue weighted by Gasteiger charge is 2.15. The van der Waals surface area contributed by atoms with Crippen LogP contribution in [0.2, 0.25) is 0 Å². The Bertz CT molecular complexity index is 469. The second-order valence-electron chi connectivity index (χ2n) is 4.14. The highest BCUT2D eigenvalue weighted by molar-refractivity contribution is 7.99. The largest absolute Gasteiger partial charge is 0.389 e. The minimum Gasteiger partial charge on any atom is -0.389 e. The summed E-state index contributed by atoms with van der Waals surface area (Å²) in [5.74, 6) is 0. The second-order valence-corrected chi connectivity index (χ2v) is 7.19. The van der Waals surface area contributed by atoms with Gasteiger partial charge in [-0.05, 0) is 30.9 Å². The molecule has 6 heteroatoms. The van der Waals surface area contributed by atoms with Crippen LogP contribution in [-0.2, 0) is 10.0 Å². The van der Waals surface area contributed by atoms with Crippen molar-refractivity contribution in [1.29, 1.82) is 0 Å². The molecule has 0 aliphatic rings. The van der Waals surface area contributed by atoms with Crippen LogP contribution in [0, 0.1) is 0 Å². The van der Waals surface area contributed by atoms with Gasteiger partial charge in [-0.3, -0.25) is 0 Å². The molecule has 2 unspecified atom stereocenters. The van der Waals surface area contributed by atoms with Crippen LogP contribution in [0.3, 0.4) is 0 Å². The highest BCUT2D eigenvalue weighted by atomic mass is 32.2. The third-order valence-corrected chi connectivity index (χ3v) is 5.05. The van der Waals surface area contributed by atoms with Crippen molar-refractivity contribution in [3.8, 4) is 0 Å². The fourth-order valence-electron chi connectivity index (χ4n) is 1.32. The van der Waals surface area contributed by atoms with Gasteiger partial charge in [0.15, 0.2) is 0 Å². The van der Waals surface area contributed by atoms with Crippen LogP contribution in [0.15, 0.2) is 29.2 Å². The zero-order valence-electron chi connectivity index (χ0n) is 10.8. The van der Waals surface area contributed by atoms with E-state index in [4.69, 9.17) is 0 Å². The molecule has 2 atom stereocenters. The first kappa shape index (κ1) is 15.5. The topological polar surface area (TPSA) is 66.4 Å². The van der Waals surface area contributed by atoms with E-state index in [1.165, 1.54) is 12.1 Å². The molecule has 0 fully saturated rings. The smallest absolute Gasteiger partial charge is 0.240 e. The molecule has 1 rings (SSSR count). The molecule has 4 nitrogen and oxygen atoms in total. The summed E-state index contributed by atoms with van der Waals surface area (Å²) in [4.78, 5) is 0.222. The van der Waals surface area contributed by atoms with E-state index in [1.807, 2.05) is 13.2 Å². The zero-order valence-corrected chi connectivity index (χ0v) is 12.4. The van der Waals surface area contributed by atoms with Crippen molar-refractivity contribution in [2.75, 3.05) is 12.8 Å². The molecule has 1 aromatic rings. The number of aliphatic hydroxyl groups excluding tert-OH is 1. The Morgan fingerprint density at radius 1 is 1.28 bits per heavy atom. The van der Waals surface area contributed by atoms with Crippen LogP contribution in [-0.4, -0.2) is 31.6 Å². The third-order valence-electron chi connectivity index (χ3n) is 2.64. The van der Waals surface area contributed by atoms with Crippen molar-refractivity contribution in [3.05, 3.63) is 29.8 Å². The number of rotatable bonds is 6. The van der Waals surface area contributed by atoms with Crippen LogP contribution in [0.25, 0.3) is 0 Å². The van der Waals surface area contributed by atoms with Crippen molar-refractivity contribution in [2.24, 2.45) is 0 Å². The van der Waals surface area contributed by atoms with Gasteiger partial charge in [-0.25, -0.2) is 13.1 Å². The second kappa shape index (κ2) is 6.56. The first-order valence-electron chi connectivity index (χ1n) is 5.67. The standard InChI is InChI=1S/C12H19NO3S2/c1-9(17-3)8-13-18(15,16)12-6-4-11(5-7-12)10(2)14/h4-7,9-10,13-14H,8H2,1-3H3. The molecule has 0 aliphatic heterocycles. The van der Waals surface area contributed by atoms with Gasteiger partial charge < -0.3 is 5.11 Å². The fourth-order valence-corrected chi connectivity index (χ4v) is 2.81. The number of thioether (sulfide) groups is 1. The third kappa shape index (κ3) is 4.28. The fraction of sp³-hybridized carbons (Fsp3) is 0.500. The number of hydrogen-bond acceptors (Lipinski definition) is 4. The van der Waals surface area contributed by atoms with Crippen molar-refractivity contribution < 1.29 is 13.5 Å². The average Bonchev–Trinajstić information content (AvgIpc) is 2.36. The molecule has 2 N–H and O–H groups in total. The first-order valence-corrected chi connectivity index (χ1v) is 8.44. The quantitative estimate of drug-likeness (QED) is 0.837. The van der Waals surface area contributed by atoms with Gasteiger partial charge in [0.25, 0.3) is 0 Å². The van der Waals surface area contributed by atoms with Gasteiger partial charge in [0.05, 0.1) is 11.0 Å². The van der Waals surface area contributed by atoms with Gasteiger partial charge in [-0.2, -0.15) is 11.8 Å².